The highest BCUT2D eigenvalue weighted by atomic mass is 16.5. The van der Waals surface area contributed by atoms with Gasteiger partial charge in [-0.05, 0) is 51.8 Å². The lowest BCUT2D eigenvalue weighted by Crippen LogP contribution is -2.35. The van der Waals surface area contributed by atoms with Crippen molar-refractivity contribution in [3.63, 3.8) is 0 Å². The summed E-state index contributed by atoms with van der Waals surface area (Å²) in [5.41, 5.74) is 3.73. The Morgan fingerprint density at radius 2 is 1.67 bits per heavy atom. The minimum absolute atomic E-state index is 0.216. The first kappa shape index (κ1) is 20.2. The van der Waals surface area contributed by atoms with Gasteiger partial charge in [-0.1, -0.05) is 12.1 Å². The summed E-state index contributed by atoms with van der Waals surface area (Å²) in [6.45, 7) is 8.33. The summed E-state index contributed by atoms with van der Waals surface area (Å²) in [4.78, 5) is 35.9. The van der Waals surface area contributed by atoms with Crippen LogP contribution in [-0.4, -0.2) is 30.9 Å². The summed E-state index contributed by atoms with van der Waals surface area (Å²) in [5.74, 6) is -0.470. The number of benzene rings is 1. The molecule has 0 aliphatic rings. The number of carbonyl (C=O) groups is 3. The first-order valence-corrected chi connectivity index (χ1v) is 8.57. The predicted octanol–water partition coefficient (Wildman–Crippen LogP) is 2.73. The molecule has 0 atom stereocenters. The van der Waals surface area contributed by atoms with Crippen LogP contribution in [0.25, 0.3) is 0 Å². The molecule has 0 unspecified atom stereocenters. The Labute approximate surface area is 158 Å². The van der Waals surface area contributed by atoms with E-state index in [0.29, 0.717) is 28.3 Å². The molecular formula is C20H24N2O5. The van der Waals surface area contributed by atoms with Crippen LogP contribution in [0.1, 0.15) is 38.6 Å². The smallest absolute Gasteiger partial charge is 0.342 e. The third-order valence-corrected chi connectivity index (χ3v) is 4.42. The average Bonchev–Trinajstić information content (AvgIpc) is 2.87. The second-order valence-corrected chi connectivity index (χ2v) is 6.36. The van der Waals surface area contributed by atoms with Crippen LogP contribution in [0.2, 0.25) is 0 Å². The molecule has 1 aromatic carbocycles. The second kappa shape index (κ2) is 8.53. The monoisotopic (exact) mass is 372 g/mol. The lowest BCUT2D eigenvalue weighted by Gasteiger charge is -2.11. The van der Waals surface area contributed by atoms with Gasteiger partial charge in [-0.3, -0.25) is 9.59 Å². The van der Waals surface area contributed by atoms with Crippen molar-refractivity contribution in [2.24, 2.45) is 0 Å². The molecule has 2 amide bonds. The number of ether oxygens (including phenoxy) is 1. The van der Waals surface area contributed by atoms with Gasteiger partial charge >= 0.3 is 5.97 Å². The van der Waals surface area contributed by atoms with Crippen molar-refractivity contribution < 1.29 is 23.5 Å². The summed E-state index contributed by atoms with van der Waals surface area (Å²) in [6.07, 6.45) is 0. The number of hydrogen-bond donors (Lipinski definition) is 2. The van der Waals surface area contributed by atoms with Crippen molar-refractivity contribution >= 4 is 23.5 Å². The molecule has 2 rings (SSSR count). The molecule has 1 aromatic heterocycles. The topological polar surface area (TPSA) is 97.6 Å². The zero-order valence-corrected chi connectivity index (χ0v) is 16.2. The van der Waals surface area contributed by atoms with Crippen LogP contribution in [-0.2, 0) is 14.3 Å². The fraction of sp³-hybridized carbons (Fsp3) is 0.350. The minimum atomic E-state index is -0.628. The van der Waals surface area contributed by atoms with Gasteiger partial charge in [0.25, 0.3) is 5.91 Å². The van der Waals surface area contributed by atoms with Crippen LogP contribution in [0.15, 0.2) is 22.6 Å². The van der Waals surface area contributed by atoms with E-state index in [1.807, 2.05) is 26.0 Å². The largest absolute Gasteiger partial charge is 0.465 e. The Hall–Kier alpha value is -3.09. The maximum absolute atomic E-state index is 12.1. The number of rotatable bonds is 6. The van der Waals surface area contributed by atoms with Crippen LogP contribution < -0.4 is 10.6 Å². The number of esters is 1. The van der Waals surface area contributed by atoms with Crippen molar-refractivity contribution in [2.75, 3.05) is 18.5 Å². The Balaban J connectivity index is 1.81. The third-order valence-electron chi connectivity index (χ3n) is 4.42. The molecule has 27 heavy (non-hydrogen) atoms. The van der Waals surface area contributed by atoms with E-state index in [4.69, 9.17) is 9.15 Å². The van der Waals surface area contributed by atoms with E-state index in [-0.39, 0.29) is 12.5 Å². The van der Waals surface area contributed by atoms with Crippen LogP contribution in [0.3, 0.4) is 0 Å². The quantitative estimate of drug-likeness (QED) is 0.760. The van der Waals surface area contributed by atoms with E-state index in [0.717, 1.165) is 11.1 Å². The van der Waals surface area contributed by atoms with Gasteiger partial charge in [0.2, 0.25) is 5.91 Å². The molecule has 7 heteroatoms. The number of nitrogens with one attached hydrogen (secondary N) is 2. The van der Waals surface area contributed by atoms with Crippen LogP contribution >= 0.6 is 0 Å². The van der Waals surface area contributed by atoms with Crippen molar-refractivity contribution in [1.29, 1.82) is 0 Å². The first-order chi connectivity index (χ1) is 12.7. The van der Waals surface area contributed by atoms with E-state index >= 15 is 0 Å². The molecule has 0 aliphatic heterocycles. The van der Waals surface area contributed by atoms with Gasteiger partial charge in [-0.25, -0.2) is 4.79 Å². The zero-order valence-electron chi connectivity index (χ0n) is 16.2. The van der Waals surface area contributed by atoms with E-state index in [1.165, 1.54) is 0 Å². The number of aryl methyl sites for hydroxylation is 3. The van der Waals surface area contributed by atoms with Crippen LogP contribution in [0.4, 0.5) is 5.69 Å². The Kier molecular flexibility index (Phi) is 6.39. The fourth-order valence-corrected chi connectivity index (χ4v) is 2.61. The average molecular weight is 372 g/mol. The summed E-state index contributed by atoms with van der Waals surface area (Å²) < 4.78 is 10.4. The summed E-state index contributed by atoms with van der Waals surface area (Å²) in [5, 5.41) is 5.17. The predicted molar refractivity (Wildman–Crippen MR) is 101 cm³/mol. The highest BCUT2D eigenvalue weighted by Gasteiger charge is 2.20. The number of carbonyl (C=O) groups excluding carboxylic acids is 3. The van der Waals surface area contributed by atoms with E-state index in [2.05, 4.69) is 10.6 Å². The number of hydrogen-bond acceptors (Lipinski definition) is 5. The minimum Gasteiger partial charge on any atom is -0.465 e. The lowest BCUT2D eigenvalue weighted by molar-refractivity contribution is -0.126. The van der Waals surface area contributed by atoms with E-state index < -0.39 is 18.5 Å². The van der Waals surface area contributed by atoms with Gasteiger partial charge in [-0.2, -0.15) is 0 Å². The summed E-state index contributed by atoms with van der Waals surface area (Å²) >= 11 is 0. The normalized spacial score (nSPS) is 10.4. The maximum atomic E-state index is 12.1. The highest BCUT2D eigenvalue weighted by Crippen LogP contribution is 2.21. The van der Waals surface area contributed by atoms with Crippen molar-refractivity contribution in [1.82, 2.24) is 5.32 Å². The molecule has 0 fully saturated rings. The molecule has 2 N–H and O–H groups in total. The van der Waals surface area contributed by atoms with Crippen molar-refractivity contribution in [3.05, 3.63) is 52.0 Å². The van der Waals surface area contributed by atoms with Crippen LogP contribution in [0.5, 0.6) is 0 Å². The molecule has 144 valence electrons. The van der Waals surface area contributed by atoms with E-state index in [1.54, 1.807) is 26.8 Å². The number of furan rings is 1. The molecule has 0 bridgehead atoms. The van der Waals surface area contributed by atoms with Gasteiger partial charge in [0.1, 0.15) is 17.1 Å². The lowest BCUT2D eigenvalue weighted by atomic mass is 10.1. The van der Waals surface area contributed by atoms with Gasteiger partial charge in [0, 0.05) is 11.3 Å². The second-order valence-electron chi connectivity index (χ2n) is 6.36. The highest BCUT2D eigenvalue weighted by molar-refractivity contribution is 5.96. The van der Waals surface area contributed by atoms with Gasteiger partial charge in [0.15, 0.2) is 6.61 Å². The summed E-state index contributed by atoms with van der Waals surface area (Å²) in [7, 11) is 0. The first-order valence-electron chi connectivity index (χ1n) is 8.57. The van der Waals surface area contributed by atoms with Crippen LogP contribution in [0, 0.1) is 34.6 Å². The Morgan fingerprint density at radius 3 is 2.30 bits per heavy atom. The molecule has 0 radical (unpaired) electrons. The van der Waals surface area contributed by atoms with Gasteiger partial charge in [-0.15, -0.1) is 0 Å². The third kappa shape index (κ3) is 4.97. The van der Waals surface area contributed by atoms with Crippen molar-refractivity contribution in [2.45, 2.75) is 34.6 Å². The van der Waals surface area contributed by atoms with Gasteiger partial charge in [0.05, 0.1) is 6.54 Å². The molecule has 1 heterocycles. The van der Waals surface area contributed by atoms with Crippen molar-refractivity contribution in [3.8, 4) is 0 Å². The molecule has 0 saturated carbocycles. The zero-order chi connectivity index (χ0) is 20.1. The van der Waals surface area contributed by atoms with E-state index in [9.17, 15) is 14.4 Å². The molecule has 0 aliphatic carbocycles. The maximum Gasteiger partial charge on any atom is 0.342 e. The Bertz CT molecular complexity index is 883. The fourth-order valence-electron chi connectivity index (χ4n) is 2.61. The molecule has 0 saturated heterocycles. The number of amides is 2. The Morgan fingerprint density at radius 1 is 0.963 bits per heavy atom. The molecule has 2 aromatic rings. The molecule has 0 spiro atoms. The standard InChI is InChI=1S/C20H24N2O5/c1-11-7-6-8-16(12(11)2)22-17(23)9-21-18(24)10-26-20(25)19-13(3)14(4)27-15(19)5/h6-8H,9-10H2,1-5H3,(H,21,24)(H,22,23). The number of anilines is 1. The van der Waals surface area contributed by atoms with Gasteiger partial charge < -0.3 is 19.8 Å². The molecular weight excluding hydrogens is 348 g/mol. The SMILES string of the molecule is Cc1cccc(NC(=O)CNC(=O)COC(=O)c2c(C)oc(C)c2C)c1C. The summed E-state index contributed by atoms with van der Waals surface area (Å²) in [6, 6.07) is 5.59. The molecule has 7 nitrogen and oxygen atoms in total.